The molecule has 0 aromatic carbocycles. The molecule has 0 atom stereocenters. The van der Waals surface area contributed by atoms with Crippen molar-refractivity contribution in [1.82, 2.24) is 9.88 Å². The zero-order valence-corrected chi connectivity index (χ0v) is 12.5. The summed E-state index contributed by atoms with van der Waals surface area (Å²) >= 11 is 0. The van der Waals surface area contributed by atoms with Crippen LogP contribution < -0.4 is 5.73 Å². The Morgan fingerprint density at radius 1 is 1.52 bits per heavy atom. The quantitative estimate of drug-likeness (QED) is 0.369. The first kappa shape index (κ1) is 15.3. The van der Waals surface area contributed by atoms with Crippen LogP contribution in [0.3, 0.4) is 0 Å². The van der Waals surface area contributed by atoms with Crippen LogP contribution in [0, 0.1) is 11.3 Å². The molecule has 1 aliphatic rings. The number of aromatic nitrogens is 1. The Balaban J connectivity index is 2.01. The summed E-state index contributed by atoms with van der Waals surface area (Å²) in [5.74, 6) is 0.383. The van der Waals surface area contributed by atoms with Crippen LogP contribution in [0.1, 0.15) is 25.3 Å². The van der Waals surface area contributed by atoms with E-state index in [1.54, 1.807) is 24.3 Å². The number of carbonyl (C=O) groups is 1. The maximum atomic E-state index is 12.7. The summed E-state index contributed by atoms with van der Waals surface area (Å²) in [5, 5.41) is 12.0. The molecule has 1 aliphatic carbocycles. The van der Waals surface area contributed by atoms with Crippen molar-refractivity contribution in [2.24, 2.45) is 22.2 Å². The monoisotopic (exact) mass is 290 g/mol. The number of nitrogens with two attached hydrogens (primary N) is 1. The zero-order valence-electron chi connectivity index (χ0n) is 12.5. The molecule has 0 aliphatic heterocycles. The van der Waals surface area contributed by atoms with E-state index in [9.17, 15) is 4.79 Å². The lowest BCUT2D eigenvalue weighted by Crippen LogP contribution is -2.57. The third-order valence-electron chi connectivity index (χ3n) is 4.23. The molecule has 3 N–H and O–H groups in total. The van der Waals surface area contributed by atoms with Crippen molar-refractivity contribution >= 4 is 11.7 Å². The first-order valence-corrected chi connectivity index (χ1v) is 7.12. The first-order chi connectivity index (χ1) is 9.99. The topological polar surface area (TPSA) is 91.8 Å². The van der Waals surface area contributed by atoms with E-state index in [1.165, 1.54) is 0 Å². The maximum absolute atomic E-state index is 12.7. The average Bonchev–Trinajstić information content (AvgIpc) is 2.48. The summed E-state index contributed by atoms with van der Waals surface area (Å²) in [6.07, 6.45) is 5.51. The van der Waals surface area contributed by atoms with Crippen LogP contribution in [0.2, 0.25) is 0 Å². The van der Waals surface area contributed by atoms with Crippen molar-refractivity contribution in [2.75, 3.05) is 13.6 Å². The average molecular weight is 290 g/mol. The molecule has 0 unspecified atom stereocenters. The lowest BCUT2D eigenvalue weighted by atomic mass is 9.61. The summed E-state index contributed by atoms with van der Waals surface area (Å²) in [4.78, 5) is 18.3. The van der Waals surface area contributed by atoms with Gasteiger partial charge in [-0.05, 0) is 42.9 Å². The van der Waals surface area contributed by atoms with Crippen LogP contribution in [-0.2, 0) is 11.2 Å². The van der Waals surface area contributed by atoms with Crippen molar-refractivity contribution in [2.45, 2.75) is 26.2 Å². The van der Waals surface area contributed by atoms with E-state index in [2.05, 4.69) is 17.1 Å². The smallest absolute Gasteiger partial charge is 0.236 e. The first-order valence-electron chi connectivity index (χ1n) is 7.12. The van der Waals surface area contributed by atoms with Crippen molar-refractivity contribution in [3.8, 4) is 0 Å². The third kappa shape index (κ3) is 2.99. The van der Waals surface area contributed by atoms with E-state index in [4.69, 9.17) is 10.9 Å². The minimum Gasteiger partial charge on any atom is -0.409 e. The fourth-order valence-corrected chi connectivity index (χ4v) is 3.03. The molecule has 6 heteroatoms. The number of carbonyl (C=O) groups excluding carboxylic acids is 1. The van der Waals surface area contributed by atoms with Gasteiger partial charge in [-0.15, -0.1) is 0 Å². The standard InChI is InChI=1S/C15H22N4O2/c1-11-9-15(10-11,13(16)18-21)14(20)19(2)8-5-12-3-6-17-7-4-12/h3-4,6-7,11,21H,5,8-10H2,1-2H3,(H2,16,18). The van der Waals surface area contributed by atoms with E-state index in [0.29, 0.717) is 25.3 Å². The van der Waals surface area contributed by atoms with Crippen LogP contribution in [0.15, 0.2) is 29.7 Å². The highest BCUT2D eigenvalue weighted by atomic mass is 16.4. The van der Waals surface area contributed by atoms with Crippen molar-refractivity contribution < 1.29 is 10.0 Å². The molecule has 1 aromatic rings. The molecule has 1 fully saturated rings. The molecule has 0 spiro atoms. The Morgan fingerprint density at radius 2 is 2.14 bits per heavy atom. The van der Waals surface area contributed by atoms with Gasteiger partial charge in [0.15, 0.2) is 5.84 Å². The molecule has 0 bridgehead atoms. The number of hydrogen-bond acceptors (Lipinski definition) is 4. The van der Waals surface area contributed by atoms with Gasteiger partial charge in [0, 0.05) is 26.0 Å². The van der Waals surface area contributed by atoms with Crippen LogP contribution in [0.5, 0.6) is 0 Å². The molecule has 2 rings (SSSR count). The summed E-state index contributed by atoms with van der Waals surface area (Å²) in [7, 11) is 1.76. The molecule has 1 saturated carbocycles. The highest BCUT2D eigenvalue weighted by Gasteiger charge is 2.53. The van der Waals surface area contributed by atoms with E-state index in [-0.39, 0.29) is 11.7 Å². The fraction of sp³-hybridized carbons (Fsp3) is 0.533. The van der Waals surface area contributed by atoms with Gasteiger partial charge in [0.05, 0.1) is 0 Å². The number of nitrogens with zero attached hydrogens (tertiary/aromatic N) is 3. The predicted molar refractivity (Wildman–Crippen MR) is 79.8 cm³/mol. The van der Waals surface area contributed by atoms with E-state index in [0.717, 1.165) is 12.0 Å². The highest BCUT2D eigenvalue weighted by molar-refractivity contribution is 6.07. The number of amidine groups is 1. The molecule has 6 nitrogen and oxygen atoms in total. The summed E-state index contributed by atoms with van der Waals surface area (Å²) in [5.41, 5.74) is 6.08. The lowest BCUT2D eigenvalue weighted by Gasteiger charge is -2.45. The summed E-state index contributed by atoms with van der Waals surface area (Å²) in [6.45, 7) is 2.66. The van der Waals surface area contributed by atoms with E-state index >= 15 is 0 Å². The van der Waals surface area contributed by atoms with Gasteiger partial charge in [-0.25, -0.2) is 0 Å². The van der Waals surface area contributed by atoms with Gasteiger partial charge in [0.25, 0.3) is 0 Å². The van der Waals surface area contributed by atoms with E-state index in [1.807, 2.05) is 12.1 Å². The second kappa shape index (κ2) is 6.11. The number of oxime groups is 1. The Morgan fingerprint density at radius 3 is 2.67 bits per heavy atom. The maximum Gasteiger partial charge on any atom is 0.236 e. The summed E-state index contributed by atoms with van der Waals surface area (Å²) in [6, 6.07) is 3.87. The molecule has 1 heterocycles. The van der Waals surface area contributed by atoms with Gasteiger partial charge in [0.1, 0.15) is 5.41 Å². The normalized spacial score (nSPS) is 25.2. The summed E-state index contributed by atoms with van der Waals surface area (Å²) < 4.78 is 0. The third-order valence-corrected chi connectivity index (χ3v) is 4.23. The van der Waals surface area contributed by atoms with E-state index < -0.39 is 5.41 Å². The predicted octanol–water partition coefficient (Wildman–Crippen LogP) is 1.25. The molecule has 21 heavy (non-hydrogen) atoms. The largest absolute Gasteiger partial charge is 0.409 e. The molecule has 1 amide bonds. The Bertz CT molecular complexity index is 524. The molecule has 0 radical (unpaired) electrons. The number of hydrogen-bond donors (Lipinski definition) is 2. The van der Waals surface area contributed by atoms with Gasteiger partial charge in [-0.3, -0.25) is 9.78 Å². The van der Waals surface area contributed by atoms with Gasteiger partial charge < -0.3 is 15.8 Å². The number of amides is 1. The molecular formula is C15H22N4O2. The number of likely N-dealkylation sites (N-methyl/N-ethyl adjacent to an activating group) is 1. The van der Waals surface area contributed by atoms with Crippen molar-refractivity contribution in [3.05, 3.63) is 30.1 Å². The number of rotatable bonds is 5. The second-order valence-corrected chi connectivity index (χ2v) is 5.91. The minimum atomic E-state index is -0.818. The Hall–Kier alpha value is -2.11. The Labute approximate surface area is 124 Å². The zero-order chi connectivity index (χ0) is 15.5. The van der Waals surface area contributed by atoms with Gasteiger partial charge in [-0.2, -0.15) is 0 Å². The molecule has 1 aromatic heterocycles. The van der Waals surface area contributed by atoms with Crippen molar-refractivity contribution in [3.63, 3.8) is 0 Å². The second-order valence-electron chi connectivity index (χ2n) is 5.91. The molecular weight excluding hydrogens is 268 g/mol. The van der Waals surface area contributed by atoms with Crippen LogP contribution in [0.25, 0.3) is 0 Å². The number of pyridine rings is 1. The fourth-order valence-electron chi connectivity index (χ4n) is 3.03. The van der Waals surface area contributed by atoms with Crippen LogP contribution >= 0.6 is 0 Å². The van der Waals surface area contributed by atoms with Crippen LogP contribution in [0.4, 0.5) is 0 Å². The Kier molecular flexibility index (Phi) is 4.45. The van der Waals surface area contributed by atoms with Gasteiger partial charge in [-0.1, -0.05) is 12.1 Å². The van der Waals surface area contributed by atoms with Crippen LogP contribution in [-0.4, -0.2) is 40.4 Å². The minimum absolute atomic E-state index is 0.0290. The molecule has 114 valence electrons. The SMILES string of the molecule is CC1CC(C(=O)N(C)CCc2ccncc2)(/C(N)=N/O)C1. The van der Waals surface area contributed by atoms with Gasteiger partial charge in [0.2, 0.25) is 5.91 Å². The van der Waals surface area contributed by atoms with Gasteiger partial charge >= 0.3 is 0 Å². The highest BCUT2D eigenvalue weighted by Crippen LogP contribution is 2.46. The lowest BCUT2D eigenvalue weighted by molar-refractivity contribution is -0.143. The van der Waals surface area contributed by atoms with Crippen molar-refractivity contribution in [1.29, 1.82) is 0 Å². The molecule has 0 saturated heterocycles.